The van der Waals surface area contributed by atoms with Gasteiger partial charge in [0, 0.05) is 19.0 Å². The van der Waals surface area contributed by atoms with Crippen molar-refractivity contribution >= 4 is 17.7 Å². The maximum absolute atomic E-state index is 10.8. The highest BCUT2D eigenvalue weighted by atomic mass is 16.6. The first-order valence-corrected chi connectivity index (χ1v) is 6.65. The molecule has 2 bridgehead atoms. The Morgan fingerprint density at radius 2 is 2.29 bits per heavy atom. The first kappa shape index (κ1) is 15.3. The Morgan fingerprint density at radius 1 is 1.48 bits per heavy atom. The zero-order valence-corrected chi connectivity index (χ0v) is 11.7. The fourth-order valence-corrected chi connectivity index (χ4v) is 2.04. The minimum Gasteiger partial charge on any atom is -0.444 e. The molecule has 0 aromatic heterocycles. The van der Waals surface area contributed by atoms with E-state index in [0.29, 0.717) is 19.6 Å². The number of ether oxygens (including phenoxy) is 2. The van der Waals surface area contributed by atoms with Gasteiger partial charge < -0.3 is 19.9 Å². The first-order valence-electron chi connectivity index (χ1n) is 6.65. The molecule has 0 spiro atoms. The molecule has 1 fully saturated rings. The van der Waals surface area contributed by atoms with Gasteiger partial charge in [-0.15, -0.1) is 0 Å². The summed E-state index contributed by atoms with van der Waals surface area (Å²) in [6.45, 7) is 2.22. The molecule has 0 saturated carbocycles. The molecule has 0 radical (unpaired) electrons. The molecular weight excluding hydrogens is 276 g/mol. The number of fused-ring (bicyclic) bond motifs is 2. The zero-order chi connectivity index (χ0) is 15.3. The van der Waals surface area contributed by atoms with Crippen molar-refractivity contribution in [1.82, 2.24) is 5.32 Å². The second-order valence-corrected chi connectivity index (χ2v) is 4.82. The van der Waals surface area contributed by atoms with Gasteiger partial charge in [-0.3, -0.25) is 10.1 Å². The normalized spacial score (nSPS) is 23.0. The molecule has 1 aromatic rings. The van der Waals surface area contributed by atoms with Crippen LogP contribution in [-0.2, 0) is 20.9 Å². The lowest BCUT2D eigenvalue weighted by molar-refractivity contribution is -0.195. The number of carbonyl (C=O) groups is 2. The molecule has 1 atom stereocenters. The lowest BCUT2D eigenvalue weighted by Gasteiger charge is -2.21. The Labute approximate surface area is 122 Å². The van der Waals surface area contributed by atoms with Gasteiger partial charge in [-0.1, -0.05) is 12.1 Å². The van der Waals surface area contributed by atoms with E-state index in [-0.39, 0.29) is 12.0 Å². The molecule has 0 aliphatic carbocycles. The summed E-state index contributed by atoms with van der Waals surface area (Å²) in [7, 11) is 0. The van der Waals surface area contributed by atoms with Crippen LogP contribution in [0, 0.1) is 0 Å². The van der Waals surface area contributed by atoms with E-state index in [0.717, 1.165) is 17.7 Å². The van der Waals surface area contributed by atoms with E-state index in [1.54, 1.807) is 0 Å². The highest BCUT2D eigenvalue weighted by molar-refractivity contribution is 5.85. The molecule has 2 aliphatic rings. The molecule has 2 heterocycles. The smallest absolute Gasteiger partial charge is 0.411 e. The van der Waals surface area contributed by atoms with Crippen molar-refractivity contribution in [3.63, 3.8) is 0 Å². The van der Waals surface area contributed by atoms with Crippen LogP contribution in [0.2, 0.25) is 0 Å². The molecule has 7 heteroatoms. The van der Waals surface area contributed by atoms with Gasteiger partial charge in [0.25, 0.3) is 0 Å². The first-order chi connectivity index (χ1) is 9.97. The topological polar surface area (TPSA) is 96.9 Å². The molecule has 2 aliphatic heterocycles. The van der Waals surface area contributed by atoms with Crippen molar-refractivity contribution in [1.29, 1.82) is 0 Å². The lowest BCUT2D eigenvalue weighted by Crippen LogP contribution is -2.46. The summed E-state index contributed by atoms with van der Waals surface area (Å²) in [5.41, 5.74) is 1.81. The van der Waals surface area contributed by atoms with Crippen LogP contribution >= 0.6 is 0 Å². The fraction of sp³-hybridized carbons (Fsp3) is 0.429. The Bertz CT molecular complexity index is 526. The number of anilines is 1. The maximum Gasteiger partial charge on any atom is 0.411 e. The van der Waals surface area contributed by atoms with Gasteiger partial charge >= 0.3 is 6.09 Å². The minimum absolute atomic E-state index is 0.274. The Kier molecular flexibility index (Phi) is 4.77. The van der Waals surface area contributed by atoms with Crippen molar-refractivity contribution in [2.75, 3.05) is 11.9 Å². The van der Waals surface area contributed by atoms with Crippen molar-refractivity contribution in [3.05, 3.63) is 29.8 Å². The van der Waals surface area contributed by atoms with Gasteiger partial charge in [0.1, 0.15) is 6.61 Å². The second-order valence-electron chi connectivity index (χ2n) is 4.82. The van der Waals surface area contributed by atoms with Gasteiger partial charge in [0.15, 0.2) is 0 Å². The Hall–Kier alpha value is -2.12. The number of aliphatic hydroxyl groups is 1. The summed E-state index contributed by atoms with van der Waals surface area (Å²) in [5.74, 6) is -1.66. The number of benzene rings is 1. The van der Waals surface area contributed by atoms with Gasteiger partial charge in [-0.25, -0.2) is 4.79 Å². The van der Waals surface area contributed by atoms with Crippen LogP contribution in [0.5, 0.6) is 0 Å². The Morgan fingerprint density at radius 3 is 2.95 bits per heavy atom. The summed E-state index contributed by atoms with van der Waals surface area (Å²) in [6, 6.07) is 7.53. The van der Waals surface area contributed by atoms with Crippen molar-refractivity contribution in [2.45, 2.75) is 32.3 Å². The van der Waals surface area contributed by atoms with Crippen LogP contribution in [0.25, 0.3) is 0 Å². The third kappa shape index (κ3) is 4.73. The molecule has 114 valence electrons. The van der Waals surface area contributed by atoms with Crippen molar-refractivity contribution in [2.24, 2.45) is 0 Å². The number of hydrogen-bond acceptors (Lipinski definition) is 5. The van der Waals surface area contributed by atoms with Crippen LogP contribution in [0.4, 0.5) is 10.5 Å². The van der Waals surface area contributed by atoms with E-state index in [2.05, 4.69) is 10.6 Å². The van der Waals surface area contributed by atoms with Crippen molar-refractivity contribution in [3.8, 4) is 0 Å². The molecule has 1 saturated heterocycles. The van der Waals surface area contributed by atoms with Crippen LogP contribution in [0.15, 0.2) is 24.3 Å². The quantitative estimate of drug-likeness (QED) is 0.679. The third-order valence-electron chi connectivity index (χ3n) is 2.92. The molecule has 2 amide bonds. The highest BCUT2D eigenvalue weighted by Gasteiger charge is 2.32. The molecule has 1 aromatic carbocycles. The predicted molar refractivity (Wildman–Crippen MR) is 74.2 cm³/mol. The lowest BCUT2D eigenvalue weighted by atomic mass is 10.2. The highest BCUT2D eigenvalue weighted by Crippen LogP contribution is 2.18. The second kappa shape index (κ2) is 6.55. The maximum atomic E-state index is 10.8. The third-order valence-corrected chi connectivity index (χ3v) is 2.92. The molecule has 3 rings (SSSR count). The van der Waals surface area contributed by atoms with E-state index in [1.807, 2.05) is 24.3 Å². The van der Waals surface area contributed by atoms with Gasteiger partial charge in [0.2, 0.25) is 11.8 Å². The SMILES string of the molecule is CC(=O)NC1(O)CCCO1.O=C1Nc2cccc(c2)CO1. The molecule has 21 heavy (non-hydrogen) atoms. The fourth-order valence-electron chi connectivity index (χ4n) is 2.04. The molecule has 1 unspecified atom stereocenters. The largest absolute Gasteiger partial charge is 0.444 e. The molecule has 3 N–H and O–H groups in total. The summed E-state index contributed by atoms with van der Waals surface area (Å²) in [4.78, 5) is 21.2. The predicted octanol–water partition coefficient (Wildman–Crippen LogP) is 1.33. The molecular formula is C14H18N2O5. The van der Waals surface area contributed by atoms with Crippen LogP contribution < -0.4 is 10.6 Å². The van der Waals surface area contributed by atoms with Crippen LogP contribution in [0.3, 0.4) is 0 Å². The van der Waals surface area contributed by atoms with Gasteiger partial charge in [-0.2, -0.15) is 0 Å². The molecule has 7 nitrogen and oxygen atoms in total. The number of hydrogen-bond donors (Lipinski definition) is 3. The van der Waals surface area contributed by atoms with Crippen molar-refractivity contribution < 1.29 is 24.2 Å². The summed E-state index contributed by atoms with van der Waals surface area (Å²) >= 11 is 0. The number of carbonyl (C=O) groups excluding carboxylic acids is 2. The number of amides is 2. The summed E-state index contributed by atoms with van der Waals surface area (Å²) < 4.78 is 9.68. The zero-order valence-electron chi connectivity index (χ0n) is 11.7. The van der Waals surface area contributed by atoms with E-state index < -0.39 is 5.91 Å². The van der Waals surface area contributed by atoms with Gasteiger partial charge in [0.05, 0.1) is 6.61 Å². The van der Waals surface area contributed by atoms with Crippen LogP contribution in [-0.4, -0.2) is 29.6 Å². The monoisotopic (exact) mass is 294 g/mol. The van der Waals surface area contributed by atoms with E-state index in [4.69, 9.17) is 9.47 Å². The van der Waals surface area contributed by atoms with E-state index >= 15 is 0 Å². The Balaban J connectivity index is 0.000000155. The average molecular weight is 294 g/mol. The summed E-state index contributed by atoms with van der Waals surface area (Å²) in [6.07, 6.45) is 0.884. The van der Waals surface area contributed by atoms with Gasteiger partial charge in [-0.05, 0) is 24.1 Å². The van der Waals surface area contributed by atoms with E-state index in [9.17, 15) is 14.7 Å². The minimum atomic E-state index is -1.38. The summed E-state index contributed by atoms with van der Waals surface area (Å²) in [5, 5.41) is 14.2. The number of rotatable bonds is 1. The van der Waals surface area contributed by atoms with E-state index in [1.165, 1.54) is 6.92 Å². The average Bonchev–Trinajstić information content (AvgIpc) is 2.78. The van der Waals surface area contributed by atoms with Crippen LogP contribution in [0.1, 0.15) is 25.3 Å². The number of cyclic esters (lactones) is 1. The standard InChI is InChI=1S/C8H7NO2.C6H11NO3/c10-8-9-7-3-1-2-6(4-7)5-11-8;1-5(8)7-6(9)3-2-4-10-6/h1-4H,5H2,(H,9,10);9H,2-4H2,1H3,(H,7,8). The number of nitrogens with one attached hydrogen (secondary N) is 2.